The van der Waals surface area contributed by atoms with E-state index in [1.165, 1.54) is 6.33 Å². The first-order chi connectivity index (χ1) is 11.2. The lowest BCUT2D eigenvalue weighted by molar-refractivity contribution is 0.183. The third-order valence-electron chi connectivity index (χ3n) is 3.18. The molecule has 0 saturated heterocycles. The van der Waals surface area contributed by atoms with Gasteiger partial charge in [0.05, 0.1) is 20.3 Å². The van der Waals surface area contributed by atoms with Crippen molar-refractivity contribution in [2.75, 3.05) is 31.4 Å². The quantitative estimate of drug-likeness (QED) is 0.677. The highest BCUT2D eigenvalue weighted by atomic mass is 16.5. The van der Waals surface area contributed by atoms with E-state index in [0.717, 1.165) is 5.69 Å². The topological polar surface area (TPSA) is 101 Å². The summed E-state index contributed by atoms with van der Waals surface area (Å²) in [7, 11) is 3.16. The summed E-state index contributed by atoms with van der Waals surface area (Å²) in [6.45, 7) is 2.29. The van der Waals surface area contributed by atoms with E-state index >= 15 is 0 Å². The van der Waals surface area contributed by atoms with Gasteiger partial charge in [-0.15, -0.1) is 0 Å². The highest BCUT2D eigenvalue weighted by molar-refractivity contribution is 5.60. The minimum absolute atomic E-state index is 0.385. The Morgan fingerprint density at radius 3 is 2.57 bits per heavy atom. The lowest BCUT2D eigenvalue weighted by atomic mass is 10.3. The molecule has 0 spiro atoms. The van der Waals surface area contributed by atoms with Crippen LogP contribution < -0.4 is 20.1 Å². The maximum Gasteiger partial charge on any atom is 0.231 e. The molecule has 2 aromatic rings. The van der Waals surface area contributed by atoms with E-state index in [1.54, 1.807) is 26.4 Å². The zero-order chi connectivity index (χ0) is 16.7. The van der Waals surface area contributed by atoms with Gasteiger partial charge in [-0.2, -0.15) is 4.98 Å². The van der Waals surface area contributed by atoms with Crippen LogP contribution >= 0.6 is 0 Å². The Morgan fingerprint density at radius 1 is 1.13 bits per heavy atom. The Balaban J connectivity index is 2.08. The molecule has 1 unspecified atom stereocenters. The number of nitrogens with zero attached hydrogens (tertiary/aromatic N) is 3. The molecule has 0 fully saturated rings. The molecule has 0 saturated carbocycles. The van der Waals surface area contributed by atoms with Crippen LogP contribution in [0.2, 0.25) is 0 Å². The van der Waals surface area contributed by atoms with Crippen molar-refractivity contribution in [2.24, 2.45) is 0 Å². The second-order valence-corrected chi connectivity index (χ2v) is 4.77. The smallest absolute Gasteiger partial charge is 0.231 e. The average Bonchev–Trinajstić information content (AvgIpc) is 2.59. The van der Waals surface area contributed by atoms with E-state index in [-0.39, 0.29) is 0 Å². The summed E-state index contributed by atoms with van der Waals surface area (Å²) in [4.78, 5) is 12.3. The van der Waals surface area contributed by atoms with Crippen LogP contribution in [0.25, 0.3) is 0 Å². The molecule has 0 aliphatic carbocycles. The molecule has 23 heavy (non-hydrogen) atoms. The van der Waals surface area contributed by atoms with E-state index in [0.29, 0.717) is 36.4 Å². The third-order valence-corrected chi connectivity index (χ3v) is 3.18. The second-order valence-electron chi connectivity index (χ2n) is 4.77. The fourth-order valence-electron chi connectivity index (χ4n) is 1.84. The first kappa shape index (κ1) is 16.8. The van der Waals surface area contributed by atoms with Crippen LogP contribution in [0.5, 0.6) is 11.5 Å². The number of hydrogen-bond acceptors (Lipinski definition) is 8. The Bertz CT molecular complexity index is 638. The van der Waals surface area contributed by atoms with Crippen LogP contribution in [0, 0.1) is 0 Å². The molecule has 1 atom stereocenters. The molecule has 8 nitrogen and oxygen atoms in total. The van der Waals surface area contributed by atoms with Gasteiger partial charge in [0, 0.05) is 18.3 Å². The molecule has 2 rings (SSSR count). The molecule has 0 aliphatic rings. The van der Waals surface area contributed by atoms with E-state index < -0.39 is 6.10 Å². The minimum atomic E-state index is -0.436. The highest BCUT2D eigenvalue weighted by Crippen LogP contribution is 2.30. The highest BCUT2D eigenvalue weighted by Gasteiger charge is 2.07. The SMILES string of the molecule is CCC(O)CNc1ncnc(Nc2ccc(OC)c(OC)c2)n1. The molecule has 1 aromatic heterocycles. The zero-order valence-corrected chi connectivity index (χ0v) is 13.4. The molecular formula is C15H21N5O3. The van der Waals surface area contributed by atoms with Gasteiger partial charge in [-0.1, -0.05) is 6.92 Å². The third kappa shape index (κ3) is 4.68. The van der Waals surface area contributed by atoms with Crippen molar-refractivity contribution in [1.29, 1.82) is 0 Å². The molecule has 0 radical (unpaired) electrons. The zero-order valence-electron chi connectivity index (χ0n) is 13.4. The Kier molecular flexibility index (Phi) is 5.93. The van der Waals surface area contributed by atoms with Crippen LogP contribution in [0.15, 0.2) is 24.5 Å². The van der Waals surface area contributed by atoms with Crippen molar-refractivity contribution in [3.05, 3.63) is 24.5 Å². The number of benzene rings is 1. The van der Waals surface area contributed by atoms with Gasteiger partial charge in [0.25, 0.3) is 0 Å². The van der Waals surface area contributed by atoms with Gasteiger partial charge >= 0.3 is 0 Å². The summed E-state index contributed by atoms with van der Waals surface area (Å²) >= 11 is 0. The second kappa shape index (κ2) is 8.14. The first-order valence-corrected chi connectivity index (χ1v) is 7.26. The number of methoxy groups -OCH3 is 2. The van der Waals surface area contributed by atoms with E-state index in [1.807, 2.05) is 13.0 Å². The lowest BCUT2D eigenvalue weighted by Gasteiger charge is -2.11. The minimum Gasteiger partial charge on any atom is -0.493 e. The molecule has 1 aromatic carbocycles. The van der Waals surface area contributed by atoms with Crippen molar-refractivity contribution in [3.8, 4) is 11.5 Å². The Hall–Kier alpha value is -2.61. The van der Waals surface area contributed by atoms with Crippen LogP contribution in [-0.4, -0.2) is 46.9 Å². The molecule has 0 bridgehead atoms. The summed E-state index contributed by atoms with van der Waals surface area (Å²) in [5.74, 6) is 2.04. The maximum absolute atomic E-state index is 9.56. The van der Waals surface area contributed by atoms with Gasteiger partial charge in [-0.3, -0.25) is 0 Å². The van der Waals surface area contributed by atoms with E-state index in [9.17, 15) is 5.11 Å². The van der Waals surface area contributed by atoms with Gasteiger partial charge in [0.1, 0.15) is 6.33 Å². The average molecular weight is 319 g/mol. The molecule has 3 N–H and O–H groups in total. The molecular weight excluding hydrogens is 298 g/mol. The number of hydrogen-bond donors (Lipinski definition) is 3. The van der Waals surface area contributed by atoms with Crippen molar-refractivity contribution in [3.63, 3.8) is 0 Å². The molecule has 0 amide bonds. The lowest BCUT2D eigenvalue weighted by Crippen LogP contribution is -2.19. The predicted molar refractivity (Wildman–Crippen MR) is 87.4 cm³/mol. The normalized spacial score (nSPS) is 11.7. The Labute approximate surface area is 134 Å². The summed E-state index contributed by atoms with van der Waals surface area (Å²) in [5.41, 5.74) is 0.758. The van der Waals surface area contributed by atoms with E-state index in [2.05, 4.69) is 25.6 Å². The number of rotatable bonds is 8. The number of aromatic nitrogens is 3. The van der Waals surface area contributed by atoms with E-state index in [4.69, 9.17) is 9.47 Å². The number of aliphatic hydroxyl groups excluding tert-OH is 1. The standard InChI is InChI=1S/C15H21N5O3/c1-4-11(21)8-16-14-17-9-18-15(20-14)19-10-5-6-12(22-2)13(7-10)23-3/h5-7,9,11,21H,4,8H2,1-3H3,(H2,16,17,18,19,20). The van der Waals surface area contributed by atoms with Crippen molar-refractivity contribution < 1.29 is 14.6 Å². The number of ether oxygens (including phenoxy) is 2. The molecule has 1 heterocycles. The van der Waals surface area contributed by atoms with Crippen molar-refractivity contribution in [2.45, 2.75) is 19.4 Å². The number of aliphatic hydroxyl groups is 1. The fraction of sp³-hybridized carbons (Fsp3) is 0.400. The Morgan fingerprint density at radius 2 is 1.87 bits per heavy atom. The molecule has 124 valence electrons. The van der Waals surface area contributed by atoms with Crippen LogP contribution in [0.4, 0.5) is 17.6 Å². The van der Waals surface area contributed by atoms with Gasteiger partial charge in [-0.25, -0.2) is 9.97 Å². The predicted octanol–water partition coefficient (Wildman–Crippen LogP) is 1.82. The summed E-state index contributed by atoms with van der Waals surface area (Å²) in [6.07, 6.45) is 1.63. The summed E-state index contributed by atoms with van der Waals surface area (Å²) < 4.78 is 10.5. The van der Waals surface area contributed by atoms with Crippen molar-refractivity contribution >= 4 is 17.6 Å². The van der Waals surface area contributed by atoms with Crippen LogP contribution in [0.1, 0.15) is 13.3 Å². The van der Waals surface area contributed by atoms with Gasteiger partial charge < -0.3 is 25.2 Å². The van der Waals surface area contributed by atoms with Gasteiger partial charge in [0.15, 0.2) is 11.5 Å². The number of nitrogens with one attached hydrogen (secondary N) is 2. The van der Waals surface area contributed by atoms with Crippen molar-refractivity contribution in [1.82, 2.24) is 15.0 Å². The largest absolute Gasteiger partial charge is 0.493 e. The first-order valence-electron chi connectivity index (χ1n) is 7.26. The summed E-state index contributed by atoms with van der Waals surface area (Å²) in [6, 6.07) is 5.41. The molecule has 8 heteroatoms. The maximum atomic E-state index is 9.56. The van der Waals surface area contributed by atoms with Gasteiger partial charge in [0.2, 0.25) is 11.9 Å². The summed E-state index contributed by atoms with van der Waals surface area (Å²) in [5, 5.41) is 15.6. The number of anilines is 3. The van der Waals surface area contributed by atoms with Gasteiger partial charge in [-0.05, 0) is 18.6 Å². The fourth-order valence-corrected chi connectivity index (χ4v) is 1.84. The van der Waals surface area contributed by atoms with Crippen LogP contribution in [-0.2, 0) is 0 Å². The molecule has 0 aliphatic heterocycles. The van der Waals surface area contributed by atoms with Crippen LogP contribution in [0.3, 0.4) is 0 Å². The monoisotopic (exact) mass is 319 g/mol.